The number of benzene rings is 1. The van der Waals surface area contributed by atoms with E-state index >= 15 is 0 Å². The quantitative estimate of drug-likeness (QED) is 0.914. The van der Waals surface area contributed by atoms with E-state index in [1.54, 1.807) is 7.11 Å². The number of aromatic nitrogens is 2. The summed E-state index contributed by atoms with van der Waals surface area (Å²) < 4.78 is 7.18. The SMILES string of the molecule is COCCC(C)(C)Cn1c(N)nc2ccc(Cl)cc21. The van der Waals surface area contributed by atoms with Crippen molar-refractivity contribution in [3.63, 3.8) is 0 Å². The van der Waals surface area contributed by atoms with E-state index in [1.807, 2.05) is 22.8 Å². The predicted octanol–water partition coefficient (Wildman–Crippen LogP) is 3.33. The van der Waals surface area contributed by atoms with Crippen LogP contribution in [0.5, 0.6) is 0 Å². The lowest BCUT2D eigenvalue weighted by Crippen LogP contribution is -2.22. The van der Waals surface area contributed by atoms with Crippen LogP contribution in [0.2, 0.25) is 5.02 Å². The number of methoxy groups -OCH3 is 1. The zero-order valence-electron chi connectivity index (χ0n) is 11.6. The molecule has 0 atom stereocenters. The van der Waals surface area contributed by atoms with Gasteiger partial charge in [0.2, 0.25) is 5.95 Å². The number of ether oxygens (including phenoxy) is 1. The van der Waals surface area contributed by atoms with Crippen LogP contribution in [0.3, 0.4) is 0 Å². The van der Waals surface area contributed by atoms with Gasteiger partial charge in [-0.15, -0.1) is 0 Å². The van der Waals surface area contributed by atoms with Crippen molar-refractivity contribution < 1.29 is 4.74 Å². The second kappa shape index (κ2) is 5.39. The number of fused-ring (bicyclic) bond motifs is 1. The van der Waals surface area contributed by atoms with Crippen LogP contribution in [0.4, 0.5) is 5.95 Å². The Bertz CT molecular complexity index is 577. The monoisotopic (exact) mass is 281 g/mol. The zero-order chi connectivity index (χ0) is 14.0. The number of hydrogen-bond acceptors (Lipinski definition) is 3. The Labute approximate surface area is 118 Å². The van der Waals surface area contributed by atoms with Crippen molar-refractivity contribution >= 4 is 28.6 Å². The van der Waals surface area contributed by atoms with Crippen LogP contribution in [-0.2, 0) is 11.3 Å². The van der Waals surface area contributed by atoms with Crippen LogP contribution in [0.15, 0.2) is 18.2 Å². The molecule has 5 heteroatoms. The zero-order valence-corrected chi connectivity index (χ0v) is 12.4. The maximum absolute atomic E-state index is 6.05. The van der Waals surface area contributed by atoms with Gasteiger partial charge < -0.3 is 15.0 Å². The highest BCUT2D eigenvalue weighted by Crippen LogP contribution is 2.28. The van der Waals surface area contributed by atoms with Gasteiger partial charge in [0, 0.05) is 25.3 Å². The number of rotatable bonds is 5. The van der Waals surface area contributed by atoms with Crippen LogP contribution >= 0.6 is 11.6 Å². The summed E-state index contributed by atoms with van der Waals surface area (Å²) in [5.74, 6) is 0.530. The Balaban J connectivity index is 2.34. The molecule has 1 heterocycles. The number of imidazole rings is 1. The molecule has 0 radical (unpaired) electrons. The molecule has 19 heavy (non-hydrogen) atoms. The molecule has 0 spiro atoms. The molecule has 0 unspecified atom stereocenters. The number of halogens is 1. The van der Waals surface area contributed by atoms with Crippen molar-refractivity contribution in [2.24, 2.45) is 5.41 Å². The van der Waals surface area contributed by atoms with Gasteiger partial charge in [-0.25, -0.2) is 4.98 Å². The van der Waals surface area contributed by atoms with E-state index in [1.165, 1.54) is 0 Å². The highest BCUT2D eigenvalue weighted by Gasteiger charge is 2.21. The van der Waals surface area contributed by atoms with Crippen molar-refractivity contribution in [1.82, 2.24) is 9.55 Å². The van der Waals surface area contributed by atoms with E-state index in [4.69, 9.17) is 22.1 Å². The van der Waals surface area contributed by atoms with Gasteiger partial charge in [0.15, 0.2) is 0 Å². The summed E-state index contributed by atoms with van der Waals surface area (Å²) in [6.45, 7) is 5.92. The van der Waals surface area contributed by atoms with Crippen LogP contribution < -0.4 is 5.73 Å². The van der Waals surface area contributed by atoms with Gasteiger partial charge >= 0.3 is 0 Å². The predicted molar refractivity (Wildman–Crippen MR) is 79.4 cm³/mol. The average molecular weight is 282 g/mol. The lowest BCUT2D eigenvalue weighted by Gasteiger charge is -2.25. The fraction of sp³-hybridized carbons (Fsp3) is 0.500. The van der Waals surface area contributed by atoms with E-state index in [9.17, 15) is 0 Å². The Hall–Kier alpha value is -1.26. The molecule has 2 rings (SSSR count). The fourth-order valence-corrected chi connectivity index (χ4v) is 2.33. The van der Waals surface area contributed by atoms with Gasteiger partial charge in [-0.05, 0) is 30.0 Å². The lowest BCUT2D eigenvalue weighted by molar-refractivity contribution is 0.143. The number of nitrogens with two attached hydrogens (primary N) is 1. The van der Waals surface area contributed by atoms with Gasteiger partial charge in [-0.2, -0.15) is 0 Å². The van der Waals surface area contributed by atoms with Crippen molar-refractivity contribution in [1.29, 1.82) is 0 Å². The third kappa shape index (κ3) is 3.19. The van der Waals surface area contributed by atoms with Crippen LogP contribution in [0.25, 0.3) is 11.0 Å². The highest BCUT2D eigenvalue weighted by molar-refractivity contribution is 6.31. The molecule has 0 aliphatic carbocycles. The molecule has 0 aliphatic rings. The smallest absolute Gasteiger partial charge is 0.201 e. The number of nitrogen functional groups attached to an aromatic ring is 1. The fourth-order valence-electron chi connectivity index (χ4n) is 2.17. The Kier molecular flexibility index (Phi) is 4.02. The molecule has 0 fully saturated rings. The van der Waals surface area contributed by atoms with Gasteiger partial charge in [-0.3, -0.25) is 0 Å². The second-order valence-electron chi connectivity index (χ2n) is 5.60. The van der Waals surface area contributed by atoms with Crippen molar-refractivity contribution in [3.05, 3.63) is 23.2 Å². The highest BCUT2D eigenvalue weighted by atomic mass is 35.5. The molecular weight excluding hydrogens is 262 g/mol. The Morgan fingerprint density at radius 2 is 2.16 bits per heavy atom. The first-order valence-electron chi connectivity index (χ1n) is 6.33. The number of anilines is 1. The third-order valence-electron chi connectivity index (χ3n) is 3.31. The number of hydrogen-bond donors (Lipinski definition) is 1. The molecule has 104 valence electrons. The number of nitrogens with zero attached hydrogens (tertiary/aromatic N) is 2. The largest absolute Gasteiger partial charge is 0.385 e. The summed E-state index contributed by atoms with van der Waals surface area (Å²) in [5, 5.41) is 0.698. The minimum Gasteiger partial charge on any atom is -0.385 e. The molecular formula is C14H20ClN3O. The maximum atomic E-state index is 6.05. The third-order valence-corrected chi connectivity index (χ3v) is 3.54. The molecule has 0 bridgehead atoms. The first-order valence-corrected chi connectivity index (χ1v) is 6.71. The summed E-state index contributed by atoms with van der Waals surface area (Å²) in [5.41, 5.74) is 7.96. The summed E-state index contributed by atoms with van der Waals surface area (Å²) in [6, 6.07) is 5.63. The minimum absolute atomic E-state index is 0.0834. The van der Waals surface area contributed by atoms with Gasteiger partial charge in [0.1, 0.15) is 0 Å². The first-order chi connectivity index (χ1) is 8.93. The molecule has 0 saturated heterocycles. The van der Waals surface area contributed by atoms with Crippen molar-refractivity contribution in [2.45, 2.75) is 26.8 Å². The first kappa shape index (κ1) is 14.2. The minimum atomic E-state index is 0.0834. The molecule has 0 saturated carbocycles. The normalized spacial score (nSPS) is 12.2. The van der Waals surface area contributed by atoms with Gasteiger partial charge in [0.05, 0.1) is 11.0 Å². The van der Waals surface area contributed by atoms with Crippen LogP contribution in [0.1, 0.15) is 20.3 Å². The lowest BCUT2D eigenvalue weighted by atomic mass is 9.89. The van der Waals surface area contributed by atoms with Crippen LogP contribution in [0, 0.1) is 5.41 Å². The van der Waals surface area contributed by atoms with Crippen LogP contribution in [-0.4, -0.2) is 23.3 Å². The summed E-state index contributed by atoms with van der Waals surface area (Å²) >= 11 is 6.05. The van der Waals surface area contributed by atoms with Gasteiger partial charge in [0.25, 0.3) is 0 Å². The van der Waals surface area contributed by atoms with E-state index in [0.29, 0.717) is 11.0 Å². The van der Waals surface area contributed by atoms with E-state index in [2.05, 4.69) is 18.8 Å². The Morgan fingerprint density at radius 3 is 2.84 bits per heavy atom. The summed E-state index contributed by atoms with van der Waals surface area (Å²) in [6.07, 6.45) is 0.961. The maximum Gasteiger partial charge on any atom is 0.201 e. The summed E-state index contributed by atoms with van der Waals surface area (Å²) in [7, 11) is 1.72. The van der Waals surface area contributed by atoms with Crippen molar-refractivity contribution in [2.75, 3.05) is 19.5 Å². The molecule has 1 aromatic carbocycles. The van der Waals surface area contributed by atoms with E-state index in [0.717, 1.165) is 30.6 Å². The van der Waals surface area contributed by atoms with Crippen molar-refractivity contribution in [3.8, 4) is 0 Å². The van der Waals surface area contributed by atoms with E-state index < -0.39 is 0 Å². The molecule has 4 nitrogen and oxygen atoms in total. The molecule has 0 aliphatic heterocycles. The molecule has 1 aromatic heterocycles. The topological polar surface area (TPSA) is 53.1 Å². The molecule has 2 aromatic rings. The van der Waals surface area contributed by atoms with E-state index in [-0.39, 0.29) is 5.41 Å². The Morgan fingerprint density at radius 1 is 1.42 bits per heavy atom. The summed E-state index contributed by atoms with van der Waals surface area (Å²) in [4.78, 5) is 4.37. The molecule has 2 N–H and O–H groups in total. The second-order valence-corrected chi connectivity index (χ2v) is 6.03. The molecule has 0 amide bonds. The average Bonchev–Trinajstić information content (AvgIpc) is 2.63. The standard InChI is InChI=1S/C14H20ClN3O/c1-14(2,6-7-19-3)9-18-12-8-10(15)4-5-11(12)17-13(18)16/h4-5,8H,6-7,9H2,1-3H3,(H2,16,17). The van der Waals surface area contributed by atoms with Gasteiger partial charge in [-0.1, -0.05) is 25.4 Å².